The molecule has 0 aliphatic heterocycles. The second-order valence-corrected chi connectivity index (χ2v) is 10.0. The van der Waals surface area contributed by atoms with Crippen molar-refractivity contribution < 1.29 is 19.4 Å². The summed E-state index contributed by atoms with van der Waals surface area (Å²) in [5.41, 5.74) is 0.483. The molecule has 2 atom stereocenters. The predicted octanol–water partition coefficient (Wildman–Crippen LogP) is 3.73. The third kappa shape index (κ3) is 4.07. The molecule has 0 heterocycles. The number of esters is 1. The lowest BCUT2D eigenvalue weighted by Gasteiger charge is -2.58. The molecule has 4 fully saturated rings. The van der Waals surface area contributed by atoms with Crippen LogP contribution in [0.1, 0.15) is 59.3 Å². The van der Waals surface area contributed by atoms with Gasteiger partial charge in [0.2, 0.25) is 0 Å². The first-order valence-corrected chi connectivity index (χ1v) is 11.3. The fraction of sp³-hybridized carbons (Fsp3) is 0.667. The maximum Gasteiger partial charge on any atom is 0.312 e. The molecular formula is C24H34N2O4. The van der Waals surface area contributed by atoms with E-state index in [0.717, 1.165) is 44.3 Å². The van der Waals surface area contributed by atoms with Gasteiger partial charge in [-0.05, 0) is 95.4 Å². The summed E-state index contributed by atoms with van der Waals surface area (Å²) in [6.07, 6.45) is 4.79. The summed E-state index contributed by atoms with van der Waals surface area (Å²) >= 11 is 0. The van der Waals surface area contributed by atoms with Gasteiger partial charge in [0.05, 0.1) is 11.0 Å². The van der Waals surface area contributed by atoms with Gasteiger partial charge in [0, 0.05) is 24.0 Å². The van der Waals surface area contributed by atoms with Crippen LogP contribution in [-0.4, -0.2) is 41.8 Å². The van der Waals surface area contributed by atoms with Crippen molar-refractivity contribution in [2.45, 2.75) is 70.9 Å². The molecule has 6 nitrogen and oxygen atoms in total. The van der Waals surface area contributed by atoms with Gasteiger partial charge in [-0.1, -0.05) is 0 Å². The molecule has 0 spiro atoms. The lowest BCUT2D eigenvalue weighted by atomic mass is 9.48. The molecule has 2 N–H and O–H groups in total. The number of anilines is 2. The first-order chi connectivity index (χ1) is 14.2. The molecular weight excluding hydrogens is 380 g/mol. The highest BCUT2D eigenvalue weighted by Crippen LogP contribution is 2.61. The minimum Gasteiger partial charge on any atom is -0.455 e. The molecule has 164 valence electrons. The summed E-state index contributed by atoms with van der Waals surface area (Å²) in [6, 6.07) is 8.11. The standard InChI is InChI=1S/C24H34N2O4/c1-4-26(16(2)3)20-7-5-19(6-8-20)25-21(27)14-30-22(28)23-10-17-9-18(11-23)13-24(29,12-17)15-23/h5-8,16-18,29H,4,9-15H2,1-3H3,(H,25,27). The van der Waals surface area contributed by atoms with Crippen molar-refractivity contribution in [2.75, 3.05) is 23.4 Å². The van der Waals surface area contributed by atoms with Crippen LogP contribution in [0.4, 0.5) is 11.4 Å². The first kappa shape index (κ1) is 21.2. The summed E-state index contributed by atoms with van der Waals surface area (Å²) < 4.78 is 5.45. The van der Waals surface area contributed by atoms with Crippen LogP contribution in [0.15, 0.2) is 24.3 Å². The molecule has 1 amide bonds. The van der Waals surface area contributed by atoms with Crippen molar-refractivity contribution in [3.05, 3.63) is 24.3 Å². The van der Waals surface area contributed by atoms with Gasteiger partial charge >= 0.3 is 5.97 Å². The second kappa shape index (κ2) is 7.88. The molecule has 1 aromatic carbocycles. The van der Waals surface area contributed by atoms with Crippen molar-refractivity contribution >= 4 is 23.3 Å². The van der Waals surface area contributed by atoms with E-state index in [1.807, 2.05) is 24.3 Å². The van der Waals surface area contributed by atoms with Gasteiger partial charge in [0.1, 0.15) is 0 Å². The highest BCUT2D eigenvalue weighted by Gasteiger charge is 2.60. The lowest BCUT2D eigenvalue weighted by molar-refractivity contribution is -0.196. The monoisotopic (exact) mass is 414 g/mol. The number of amides is 1. The van der Waals surface area contributed by atoms with Gasteiger partial charge in [-0.25, -0.2) is 0 Å². The normalized spacial score (nSPS) is 31.6. The Labute approximate surface area is 179 Å². The topological polar surface area (TPSA) is 78.9 Å². The number of rotatable bonds is 7. The number of carbonyl (C=O) groups excluding carboxylic acids is 2. The van der Waals surface area contributed by atoms with Crippen LogP contribution >= 0.6 is 0 Å². The first-order valence-electron chi connectivity index (χ1n) is 11.3. The average Bonchev–Trinajstić information content (AvgIpc) is 2.65. The van der Waals surface area contributed by atoms with E-state index in [2.05, 4.69) is 31.0 Å². The number of hydrogen-bond acceptors (Lipinski definition) is 5. The van der Waals surface area contributed by atoms with E-state index in [9.17, 15) is 14.7 Å². The number of benzene rings is 1. The van der Waals surface area contributed by atoms with E-state index in [1.54, 1.807) is 0 Å². The van der Waals surface area contributed by atoms with E-state index in [-0.39, 0.29) is 18.5 Å². The SMILES string of the molecule is CCN(c1ccc(NC(=O)COC(=O)C23CC4CC(CC(O)(C4)C2)C3)cc1)C(C)C. The van der Waals surface area contributed by atoms with Crippen LogP contribution in [0.5, 0.6) is 0 Å². The molecule has 4 aliphatic carbocycles. The molecule has 4 aliphatic rings. The van der Waals surface area contributed by atoms with Crippen LogP contribution in [0.2, 0.25) is 0 Å². The van der Waals surface area contributed by atoms with E-state index < -0.39 is 11.0 Å². The van der Waals surface area contributed by atoms with Gasteiger partial charge in [0.25, 0.3) is 5.91 Å². The molecule has 2 unspecified atom stereocenters. The van der Waals surface area contributed by atoms with E-state index in [0.29, 0.717) is 30.0 Å². The van der Waals surface area contributed by atoms with Gasteiger partial charge < -0.3 is 20.1 Å². The molecule has 5 rings (SSSR count). The van der Waals surface area contributed by atoms with Gasteiger partial charge in [0.15, 0.2) is 6.61 Å². The Balaban J connectivity index is 1.31. The molecule has 6 heteroatoms. The molecule has 30 heavy (non-hydrogen) atoms. The summed E-state index contributed by atoms with van der Waals surface area (Å²) in [5.74, 6) is 0.168. The minimum absolute atomic E-state index is 0.289. The number of nitrogens with zero attached hydrogens (tertiary/aromatic N) is 1. The van der Waals surface area contributed by atoms with Crippen molar-refractivity contribution in [1.29, 1.82) is 0 Å². The Hall–Kier alpha value is -2.08. The Morgan fingerprint density at radius 3 is 2.33 bits per heavy atom. The Morgan fingerprint density at radius 2 is 1.80 bits per heavy atom. The third-order valence-corrected chi connectivity index (χ3v) is 7.24. The third-order valence-electron chi connectivity index (χ3n) is 7.24. The molecule has 0 saturated heterocycles. The van der Waals surface area contributed by atoms with Crippen molar-refractivity contribution in [3.63, 3.8) is 0 Å². The van der Waals surface area contributed by atoms with Crippen LogP contribution in [-0.2, 0) is 14.3 Å². The summed E-state index contributed by atoms with van der Waals surface area (Å²) in [5, 5.41) is 13.6. The number of hydrogen-bond donors (Lipinski definition) is 2. The Kier molecular flexibility index (Phi) is 5.56. The van der Waals surface area contributed by atoms with Crippen LogP contribution in [0.3, 0.4) is 0 Å². The van der Waals surface area contributed by atoms with Crippen LogP contribution < -0.4 is 10.2 Å². The molecule has 0 radical (unpaired) electrons. The molecule has 4 saturated carbocycles. The summed E-state index contributed by atoms with van der Waals surface area (Å²) in [4.78, 5) is 27.5. The number of ether oxygens (including phenoxy) is 1. The average molecular weight is 415 g/mol. The Morgan fingerprint density at radius 1 is 1.17 bits per heavy atom. The fourth-order valence-corrected chi connectivity index (χ4v) is 6.52. The highest BCUT2D eigenvalue weighted by atomic mass is 16.5. The van der Waals surface area contributed by atoms with E-state index >= 15 is 0 Å². The summed E-state index contributed by atoms with van der Waals surface area (Å²) in [6.45, 7) is 7.04. The predicted molar refractivity (Wildman–Crippen MR) is 116 cm³/mol. The van der Waals surface area contributed by atoms with Crippen molar-refractivity contribution in [3.8, 4) is 0 Å². The number of nitrogens with one attached hydrogen (secondary N) is 1. The zero-order valence-electron chi connectivity index (χ0n) is 18.3. The maximum absolute atomic E-state index is 12.9. The van der Waals surface area contributed by atoms with Crippen LogP contribution in [0.25, 0.3) is 0 Å². The second-order valence-electron chi connectivity index (χ2n) is 10.0. The largest absolute Gasteiger partial charge is 0.455 e. The van der Waals surface area contributed by atoms with E-state index in [4.69, 9.17) is 4.74 Å². The van der Waals surface area contributed by atoms with Gasteiger partial charge in [-0.2, -0.15) is 0 Å². The molecule has 4 bridgehead atoms. The highest BCUT2D eigenvalue weighted by molar-refractivity contribution is 5.93. The fourth-order valence-electron chi connectivity index (χ4n) is 6.52. The lowest BCUT2D eigenvalue weighted by Crippen LogP contribution is -2.58. The van der Waals surface area contributed by atoms with Crippen LogP contribution in [0, 0.1) is 17.3 Å². The van der Waals surface area contributed by atoms with Gasteiger partial charge in [-0.3, -0.25) is 9.59 Å². The van der Waals surface area contributed by atoms with E-state index in [1.165, 1.54) is 0 Å². The quantitative estimate of drug-likeness (QED) is 0.665. The minimum atomic E-state index is -0.713. The molecule has 0 aromatic heterocycles. The number of carbonyl (C=O) groups is 2. The zero-order chi connectivity index (χ0) is 21.5. The van der Waals surface area contributed by atoms with Crippen molar-refractivity contribution in [1.82, 2.24) is 0 Å². The maximum atomic E-state index is 12.9. The van der Waals surface area contributed by atoms with Gasteiger partial charge in [-0.15, -0.1) is 0 Å². The Bertz CT molecular complexity index is 790. The molecule has 1 aromatic rings. The zero-order valence-corrected chi connectivity index (χ0v) is 18.3. The summed E-state index contributed by atoms with van der Waals surface area (Å²) in [7, 11) is 0. The van der Waals surface area contributed by atoms with Crippen molar-refractivity contribution in [2.24, 2.45) is 17.3 Å². The smallest absolute Gasteiger partial charge is 0.312 e. The number of aliphatic hydroxyl groups is 1.